The van der Waals surface area contributed by atoms with Crippen LogP contribution in [0.15, 0.2) is 18.2 Å². The summed E-state index contributed by atoms with van der Waals surface area (Å²) in [5.41, 5.74) is 0.183. The molecule has 0 spiro atoms. The van der Waals surface area contributed by atoms with Crippen molar-refractivity contribution in [3.8, 4) is 5.75 Å². The third-order valence-electron chi connectivity index (χ3n) is 2.27. The number of aliphatic hydroxyl groups excluding tert-OH is 1. The Morgan fingerprint density at radius 2 is 2.06 bits per heavy atom. The lowest BCUT2D eigenvalue weighted by molar-refractivity contribution is -0.147. The topological polar surface area (TPSA) is 55.8 Å². The zero-order chi connectivity index (χ0) is 13.0. The quantitative estimate of drug-likeness (QED) is 0.818. The summed E-state index contributed by atoms with van der Waals surface area (Å²) in [4.78, 5) is 11.1. The third-order valence-corrected chi connectivity index (χ3v) is 2.27. The first-order valence-corrected chi connectivity index (χ1v) is 5.17. The van der Waals surface area contributed by atoms with E-state index in [1.54, 1.807) is 0 Å². The first-order chi connectivity index (χ1) is 7.95. The van der Waals surface area contributed by atoms with Gasteiger partial charge in [-0.25, -0.2) is 9.18 Å². The normalized spacial score (nSPS) is 13.9. The van der Waals surface area contributed by atoms with Crippen molar-refractivity contribution in [2.45, 2.75) is 26.1 Å². The molecule has 0 radical (unpaired) electrons. The van der Waals surface area contributed by atoms with E-state index in [0.29, 0.717) is 0 Å². The molecule has 0 saturated carbocycles. The molecule has 0 aliphatic carbocycles. The van der Waals surface area contributed by atoms with Crippen LogP contribution in [0.4, 0.5) is 4.39 Å². The van der Waals surface area contributed by atoms with Gasteiger partial charge in [0.05, 0.1) is 13.2 Å². The van der Waals surface area contributed by atoms with Crippen molar-refractivity contribution in [3.63, 3.8) is 0 Å². The van der Waals surface area contributed by atoms with E-state index in [2.05, 4.69) is 4.74 Å². The molecule has 1 aromatic rings. The fourth-order valence-electron chi connectivity index (χ4n) is 1.34. The fraction of sp³-hybridized carbons (Fsp3) is 0.417. The number of hydrogen-bond acceptors (Lipinski definition) is 4. The van der Waals surface area contributed by atoms with Gasteiger partial charge in [0.2, 0.25) is 0 Å². The molecule has 0 saturated heterocycles. The Bertz CT molecular complexity index is 403. The standard InChI is InChI=1S/C12H15FO4/c1-7(14)10-5-4-9(6-11(10)13)17-8(2)12(15)16-3/h4-8,14H,1-3H3/t7-,8?/m0/s1. The van der Waals surface area contributed by atoms with E-state index in [-0.39, 0.29) is 11.3 Å². The van der Waals surface area contributed by atoms with Gasteiger partial charge in [0, 0.05) is 11.6 Å². The van der Waals surface area contributed by atoms with Gasteiger partial charge in [0.1, 0.15) is 11.6 Å². The average molecular weight is 242 g/mol. The molecule has 0 aromatic heterocycles. The third kappa shape index (κ3) is 3.42. The second kappa shape index (κ2) is 5.63. The number of carbonyl (C=O) groups excluding carboxylic acids is 1. The highest BCUT2D eigenvalue weighted by molar-refractivity contribution is 5.74. The molecule has 4 nitrogen and oxygen atoms in total. The van der Waals surface area contributed by atoms with Crippen molar-refractivity contribution in [2.75, 3.05) is 7.11 Å². The molecule has 1 N–H and O–H groups in total. The van der Waals surface area contributed by atoms with Crippen LogP contribution in [0.5, 0.6) is 5.75 Å². The lowest BCUT2D eigenvalue weighted by Crippen LogP contribution is -2.24. The van der Waals surface area contributed by atoms with Crippen LogP contribution in [0.1, 0.15) is 25.5 Å². The molecule has 0 aliphatic heterocycles. The first kappa shape index (κ1) is 13.4. The Hall–Kier alpha value is -1.62. The predicted molar refractivity (Wildman–Crippen MR) is 59.1 cm³/mol. The Labute approximate surface area is 99.0 Å². The van der Waals surface area contributed by atoms with E-state index in [0.717, 1.165) is 6.07 Å². The van der Waals surface area contributed by atoms with Gasteiger partial charge in [-0.3, -0.25) is 0 Å². The Morgan fingerprint density at radius 1 is 1.41 bits per heavy atom. The summed E-state index contributed by atoms with van der Waals surface area (Å²) in [6.45, 7) is 2.97. The number of hydrogen-bond donors (Lipinski definition) is 1. The van der Waals surface area contributed by atoms with E-state index < -0.39 is 24.0 Å². The van der Waals surface area contributed by atoms with Gasteiger partial charge in [-0.1, -0.05) is 0 Å². The molecular formula is C12H15FO4. The number of methoxy groups -OCH3 is 1. The van der Waals surface area contributed by atoms with Crippen LogP contribution in [0.25, 0.3) is 0 Å². The fourth-order valence-corrected chi connectivity index (χ4v) is 1.34. The molecule has 0 fully saturated rings. The Morgan fingerprint density at radius 3 is 2.53 bits per heavy atom. The molecule has 1 unspecified atom stereocenters. The number of esters is 1. The van der Waals surface area contributed by atoms with E-state index in [1.165, 1.54) is 33.1 Å². The average Bonchev–Trinajstić information content (AvgIpc) is 2.27. The molecule has 94 valence electrons. The van der Waals surface area contributed by atoms with Crippen LogP contribution in [0, 0.1) is 5.82 Å². The molecule has 17 heavy (non-hydrogen) atoms. The maximum Gasteiger partial charge on any atom is 0.346 e. The van der Waals surface area contributed by atoms with Crippen LogP contribution in [0.3, 0.4) is 0 Å². The first-order valence-electron chi connectivity index (χ1n) is 5.17. The summed E-state index contributed by atoms with van der Waals surface area (Å²) in [6, 6.07) is 4.03. The summed E-state index contributed by atoms with van der Waals surface area (Å²) in [5, 5.41) is 9.25. The Balaban J connectivity index is 2.81. The molecule has 0 aliphatic rings. The predicted octanol–water partition coefficient (Wildman–Crippen LogP) is 1.82. The number of rotatable bonds is 4. The SMILES string of the molecule is COC(=O)C(C)Oc1ccc([C@H](C)O)c(F)c1. The van der Waals surface area contributed by atoms with Gasteiger partial charge in [0.15, 0.2) is 6.10 Å². The highest BCUT2D eigenvalue weighted by Gasteiger charge is 2.16. The number of halogens is 1. The van der Waals surface area contributed by atoms with Gasteiger partial charge < -0.3 is 14.6 Å². The molecule has 0 bridgehead atoms. The highest BCUT2D eigenvalue weighted by atomic mass is 19.1. The molecule has 0 amide bonds. The van der Waals surface area contributed by atoms with Crippen LogP contribution in [-0.2, 0) is 9.53 Å². The maximum atomic E-state index is 13.5. The zero-order valence-electron chi connectivity index (χ0n) is 9.94. The van der Waals surface area contributed by atoms with Crippen LogP contribution in [-0.4, -0.2) is 24.3 Å². The number of carbonyl (C=O) groups is 1. The van der Waals surface area contributed by atoms with Crippen molar-refractivity contribution in [1.29, 1.82) is 0 Å². The van der Waals surface area contributed by atoms with Crippen molar-refractivity contribution < 1.29 is 23.8 Å². The summed E-state index contributed by atoms with van der Waals surface area (Å²) in [5.74, 6) is -0.899. The van der Waals surface area contributed by atoms with Gasteiger partial charge in [-0.2, -0.15) is 0 Å². The minimum Gasteiger partial charge on any atom is -0.479 e. The zero-order valence-corrected chi connectivity index (χ0v) is 9.94. The second-order valence-corrected chi connectivity index (χ2v) is 3.64. The lowest BCUT2D eigenvalue weighted by atomic mass is 10.1. The largest absolute Gasteiger partial charge is 0.479 e. The molecule has 1 rings (SSSR count). The van der Waals surface area contributed by atoms with Crippen molar-refractivity contribution >= 4 is 5.97 Å². The molecule has 1 aromatic carbocycles. The number of ether oxygens (including phenoxy) is 2. The maximum absolute atomic E-state index is 13.5. The minimum absolute atomic E-state index is 0.183. The van der Waals surface area contributed by atoms with E-state index in [1.807, 2.05) is 0 Å². The van der Waals surface area contributed by atoms with Gasteiger partial charge >= 0.3 is 5.97 Å². The molecule has 5 heteroatoms. The molecule has 2 atom stereocenters. The van der Waals surface area contributed by atoms with Crippen LogP contribution >= 0.6 is 0 Å². The van der Waals surface area contributed by atoms with Gasteiger partial charge in [0.25, 0.3) is 0 Å². The van der Waals surface area contributed by atoms with Gasteiger partial charge in [-0.15, -0.1) is 0 Å². The van der Waals surface area contributed by atoms with E-state index in [9.17, 15) is 14.3 Å². The summed E-state index contributed by atoms with van der Waals surface area (Å²) >= 11 is 0. The van der Waals surface area contributed by atoms with E-state index >= 15 is 0 Å². The smallest absolute Gasteiger partial charge is 0.346 e. The summed E-state index contributed by atoms with van der Waals surface area (Å²) in [6.07, 6.45) is -1.70. The summed E-state index contributed by atoms with van der Waals surface area (Å²) in [7, 11) is 1.25. The van der Waals surface area contributed by atoms with Crippen molar-refractivity contribution in [2.24, 2.45) is 0 Å². The Kier molecular flexibility index (Phi) is 4.45. The highest BCUT2D eigenvalue weighted by Crippen LogP contribution is 2.22. The second-order valence-electron chi connectivity index (χ2n) is 3.64. The summed E-state index contributed by atoms with van der Waals surface area (Å²) < 4.78 is 23.1. The van der Waals surface area contributed by atoms with Crippen LogP contribution in [0.2, 0.25) is 0 Å². The monoisotopic (exact) mass is 242 g/mol. The lowest BCUT2D eigenvalue weighted by Gasteiger charge is -2.13. The minimum atomic E-state index is -0.887. The molecular weight excluding hydrogens is 227 g/mol. The number of aliphatic hydroxyl groups is 1. The van der Waals surface area contributed by atoms with E-state index in [4.69, 9.17) is 4.74 Å². The number of benzene rings is 1. The van der Waals surface area contributed by atoms with Gasteiger partial charge in [-0.05, 0) is 26.0 Å². The molecule has 0 heterocycles. The van der Waals surface area contributed by atoms with Crippen LogP contribution < -0.4 is 4.74 Å². The van der Waals surface area contributed by atoms with Crippen molar-refractivity contribution in [3.05, 3.63) is 29.6 Å². The van der Waals surface area contributed by atoms with Crippen molar-refractivity contribution in [1.82, 2.24) is 0 Å².